The van der Waals surface area contributed by atoms with Crippen LogP contribution in [0.4, 0.5) is 0 Å². The van der Waals surface area contributed by atoms with E-state index in [4.69, 9.17) is 21.1 Å². The predicted octanol–water partition coefficient (Wildman–Crippen LogP) is 4.93. The van der Waals surface area contributed by atoms with Crippen molar-refractivity contribution in [3.8, 4) is 11.5 Å². The van der Waals surface area contributed by atoms with E-state index in [1.54, 1.807) is 14.2 Å². The van der Waals surface area contributed by atoms with Gasteiger partial charge in [-0.3, -0.25) is 4.90 Å². The standard InChI is InChI=1S/C20H26ClNO2S/c1-16(22(12-11-21)14-17-7-5-4-6-8-17)15-25-18-9-10-19(23-2)20(13-18)24-3/h4-10,13,16H,11-12,14-15H2,1-3H3. The molecule has 0 aromatic heterocycles. The number of ether oxygens (including phenoxy) is 2. The van der Waals surface area contributed by atoms with Crippen LogP contribution in [0.1, 0.15) is 12.5 Å². The summed E-state index contributed by atoms with van der Waals surface area (Å²) in [6, 6.07) is 17.0. The number of hydrogen-bond acceptors (Lipinski definition) is 4. The lowest BCUT2D eigenvalue weighted by Crippen LogP contribution is -2.35. The molecule has 0 spiro atoms. The molecule has 2 aromatic rings. The maximum Gasteiger partial charge on any atom is 0.161 e. The molecule has 2 rings (SSSR count). The van der Waals surface area contributed by atoms with Gasteiger partial charge >= 0.3 is 0 Å². The predicted molar refractivity (Wildman–Crippen MR) is 107 cm³/mol. The van der Waals surface area contributed by atoms with E-state index in [1.165, 1.54) is 10.5 Å². The van der Waals surface area contributed by atoms with Crippen molar-refractivity contribution in [2.45, 2.75) is 24.4 Å². The smallest absolute Gasteiger partial charge is 0.161 e. The molecule has 0 fully saturated rings. The molecular weight excluding hydrogens is 354 g/mol. The molecule has 0 radical (unpaired) electrons. The molecular formula is C20H26ClNO2S. The summed E-state index contributed by atoms with van der Waals surface area (Å²) in [6.07, 6.45) is 0. The molecule has 1 atom stereocenters. The summed E-state index contributed by atoms with van der Waals surface area (Å²) in [5.41, 5.74) is 1.32. The van der Waals surface area contributed by atoms with E-state index in [2.05, 4.69) is 42.2 Å². The normalized spacial score (nSPS) is 12.2. The van der Waals surface area contributed by atoms with E-state index in [9.17, 15) is 0 Å². The number of halogens is 1. The first-order valence-corrected chi connectivity index (χ1v) is 9.88. The van der Waals surface area contributed by atoms with Gasteiger partial charge in [0.05, 0.1) is 14.2 Å². The number of thioether (sulfide) groups is 1. The van der Waals surface area contributed by atoms with E-state index < -0.39 is 0 Å². The highest BCUT2D eigenvalue weighted by atomic mass is 35.5. The molecule has 0 amide bonds. The molecule has 0 aliphatic carbocycles. The van der Waals surface area contributed by atoms with Gasteiger partial charge in [-0.25, -0.2) is 0 Å². The average Bonchev–Trinajstić information content (AvgIpc) is 2.66. The molecule has 2 aromatic carbocycles. The van der Waals surface area contributed by atoms with E-state index in [0.29, 0.717) is 11.9 Å². The minimum atomic E-state index is 0.414. The van der Waals surface area contributed by atoms with Crippen molar-refractivity contribution in [1.29, 1.82) is 0 Å². The molecule has 1 unspecified atom stereocenters. The van der Waals surface area contributed by atoms with Crippen molar-refractivity contribution in [3.63, 3.8) is 0 Å². The average molecular weight is 380 g/mol. The Morgan fingerprint density at radius 2 is 1.76 bits per heavy atom. The van der Waals surface area contributed by atoms with Crippen LogP contribution < -0.4 is 9.47 Å². The Kier molecular flexibility index (Phi) is 8.45. The van der Waals surface area contributed by atoms with Crippen LogP contribution in [0.25, 0.3) is 0 Å². The number of alkyl halides is 1. The highest BCUT2D eigenvalue weighted by molar-refractivity contribution is 7.99. The molecule has 0 N–H and O–H groups in total. The molecule has 5 heteroatoms. The Balaban J connectivity index is 1.97. The first kappa shape index (κ1) is 20.0. The fraction of sp³-hybridized carbons (Fsp3) is 0.400. The van der Waals surface area contributed by atoms with E-state index in [-0.39, 0.29) is 0 Å². The SMILES string of the molecule is COc1ccc(SCC(C)N(CCCl)Cc2ccccc2)cc1OC. The number of nitrogens with zero attached hydrogens (tertiary/aromatic N) is 1. The van der Waals surface area contributed by atoms with Gasteiger partial charge in [0, 0.05) is 35.7 Å². The third kappa shape index (κ3) is 6.14. The lowest BCUT2D eigenvalue weighted by Gasteiger charge is -2.28. The maximum absolute atomic E-state index is 6.02. The molecule has 3 nitrogen and oxygen atoms in total. The fourth-order valence-corrected chi connectivity index (χ4v) is 3.83. The van der Waals surface area contributed by atoms with E-state index >= 15 is 0 Å². The van der Waals surface area contributed by atoms with E-state index in [0.717, 1.165) is 30.3 Å². The summed E-state index contributed by atoms with van der Waals surface area (Å²) >= 11 is 7.84. The van der Waals surface area contributed by atoms with Crippen molar-refractivity contribution < 1.29 is 9.47 Å². The van der Waals surface area contributed by atoms with Crippen LogP contribution in [-0.4, -0.2) is 43.3 Å². The van der Waals surface area contributed by atoms with Crippen molar-refractivity contribution >= 4 is 23.4 Å². The van der Waals surface area contributed by atoms with Crippen LogP contribution in [0, 0.1) is 0 Å². The molecule has 0 aliphatic heterocycles. The van der Waals surface area contributed by atoms with Crippen LogP contribution in [-0.2, 0) is 6.54 Å². The summed E-state index contributed by atoms with van der Waals surface area (Å²) in [5, 5.41) is 0. The van der Waals surface area contributed by atoms with Gasteiger partial charge in [-0.15, -0.1) is 23.4 Å². The molecule has 0 aliphatic rings. The highest BCUT2D eigenvalue weighted by Gasteiger charge is 2.15. The topological polar surface area (TPSA) is 21.7 Å². The Morgan fingerprint density at radius 3 is 2.40 bits per heavy atom. The second-order valence-corrected chi connectivity index (χ2v) is 7.29. The largest absolute Gasteiger partial charge is 0.493 e. The van der Waals surface area contributed by atoms with Crippen LogP contribution in [0.3, 0.4) is 0 Å². The second kappa shape index (κ2) is 10.6. The third-order valence-corrected chi connectivity index (χ3v) is 5.48. The van der Waals surface area contributed by atoms with Gasteiger partial charge in [-0.2, -0.15) is 0 Å². The summed E-state index contributed by atoms with van der Waals surface area (Å²) in [7, 11) is 3.32. The van der Waals surface area contributed by atoms with Crippen molar-refractivity contribution in [2.75, 3.05) is 32.4 Å². The zero-order valence-corrected chi connectivity index (χ0v) is 16.6. The first-order valence-electron chi connectivity index (χ1n) is 8.36. The van der Waals surface area contributed by atoms with Crippen LogP contribution in [0.15, 0.2) is 53.4 Å². The second-order valence-electron chi connectivity index (χ2n) is 5.82. The van der Waals surface area contributed by atoms with Crippen molar-refractivity contribution in [1.82, 2.24) is 4.90 Å². The van der Waals surface area contributed by atoms with Crippen molar-refractivity contribution in [2.24, 2.45) is 0 Å². The van der Waals surface area contributed by atoms with Crippen LogP contribution in [0.5, 0.6) is 11.5 Å². The van der Waals surface area contributed by atoms with Gasteiger partial charge < -0.3 is 9.47 Å². The van der Waals surface area contributed by atoms with Gasteiger partial charge in [-0.1, -0.05) is 30.3 Å². The molecule has 136 valence electrons. The monoisotopic (exact) mass is 379 g/mol. The molecule has 0 heterocycles. The number of hydrogen-bond donors (Lipinski definition) is 0. The van der Waals surface area contributed by atoms with Crippen LogP contribution >= 0.6 is 23.4 Å². The van der Waals surface area contributed by atoms with Gasteiger partial charge in [-0.05, 0) is 30.7 Å². The minimum absolute atomic E-state index is 0.414. The summed E-state index contributed by atoms with van der Waals surface area (Å²) in [6.45, 7) is 4.05. The Bertz CT molecular complexity index is 639. The molecule has 0 bridgehead atoms. The zero-order chi connectivity index (χ0) is 18.1. The van der Waals surface area contributed by atoms with Crippen molar-refractivity contribution in [3.05, 3.63) is 54.1 Å². The Hall–Kier alpha value is -1.36. The third-order valence-electron chi connectivity index (χ3n) is 4.07. The highest BCUT2D eigenvalue weighted by Crippen LogP contribution is 2.32. The molecule has 0 saturated carbocycles. The first-order chi connectivity index (χ1) is 12.2. The van der Waals surface area contributed by atoms with Gasteiger partial charge in [0.2, 0.25) is 0 Å². The van der Waals surface area contributed by atoms with E-state index in [1.807, 2.05) is 30.0 Å². The van der Waals surface area contributed by atoms with Gasteiger partial charge in [0.25, 0.3) is 0 Å². The molecule has 25 heavy (non-hydrogen) atoms. The quantitative estimate of drug-likeness (QED) is 0.431. The number of benzene rings is 2. The fourth-order valence-electron chi connectivity index (χ4n) is 2.61. The number of rotatable bonds is 10. The summed E-state index contributed by atoms with van der Waals surface area (Å²) in [5.74, 6) is 3.15. The minimum Gasteiger partial charge on any atom is -0.493 e. The lowest BCUT2D eigenvalue weighted by atomic mass is 10.2. The lowest BCUT2D eigenvalue weighted by molar-refractivity contribution is 0.230. The summed E-state index contributed by atoms with van der Waals surface area (Å²) < 4.78 is 10.7. The Labute approximate surface area is 160 Å². The Morgan fingerprint density at radius 1 is 1.04 bits per heavy atom. The van der Waals surface area contributed by atoms with Crippen LogP contribution in [0.2, 0.25) is 0 Å². The van der Waals surface area contributed by atoms with Gasteiger partial charge in [0.15, 0.2) is 11.5 Å². The van der Waals surface area contributed by atoms with Gasteiger partial charge in [0.1, 0.15) is 0 Å². The molecule has 0 saturated heterocycles. The number of methoxy groups -OCH3 is 2. The maximum atomic E-state index is 6.02. The zero-order valence-electron chi connectivity index (χ0n) is 15.1. The summed E-state index contributed by atoms with van der Waals surface area (Å²) in [4.78, 5) is 3.60.